The van der Waals surface area contributed by atoms with Gasteiger partial charge in [-0.05, 0) is 24.3 Å². The molecule has 2 aromatic rings. The molecular weight excluding hydrogens is 338 g/mol. The van der Waals surface area contributed by atoms with Crippen LogP contribution in [0.25, 0.3) is 11.4 Å². The first-order valence-corrected chi connectivity index (χ1v) is 8.35. The summed E-state index contributed by atoms with van der Waals surface area (Å²) >= 11 is 0. The van der Waals surface area contributed by atoms with Crippen LogP contribution in [0.15, 0.2) is 36.7 Å². The number of carboxylic acids is 1. The summed E-state index contributed by atoms with van der Waals surface area (Å²) in [5.74, 6) is 0.0421. The lowest BCUT2D eigenvalue weighted by Crippen LogP contribution is -2.46. The smallest absolute Gasteiger partial charge is 0.341 e. The van der Waals surface area contributed by atoms with Crippen molar-refractivity contribution in [3.05, 3.63) is 42.2 Å². The van der Waals surface area contributed by atoms with Gasteiger partial charge in [0, 0.05) is 36.6 Å². The molecule has 0 spiro atoms. The summed E-state index contributed by atoms with van der Waals surface area (Å²) in [6.45, 7) is 1.81. The van der Waals surface area contributed by atoms with Crippen molar-refractivity contribution < 1.29 is 24.5 Å². The van der Waals surface area contributed by atoms with E-state index in [0.29, 0.717) is 37.9 Å². The number of rotatable bonds is 7. The lowest BCUT2D eigenvalue weighted by atomic mass is 10.1. The Hall–Kier alpha value is -2.55. The highest BCUT2D eigenvalue weighted by molar-refractivity contribution is 5.68. The van der Waals surface area contributed by atoms with Gasteiger partial charge in [-0.1, -0.05) is 0 Å². The molecule has 0 aliphatic carbocycles. The van der Waals surface area contributed by atoms with E-state index in [4.69, 9.17) is 14.6 Å². The average molecular weight is 359 g/mol. The first-order chi connectivity index (χ1) is 12.7. The van der Waals surface area contributed by atoms with Crippen LogP contribution in [0, 0.1) is 0 Å². The van der Waals surface area contributed by atoms with Crippen molar-refractivity contribution in [3.8, 4) is 17.1 Å². The molecule has 0 bridgehead atoms. The van der Waals surface area contributed by atoms with Gasteiger partial charge in [0.25, 0.3) is 0 Å². The molecule has 138 valence electrons. The number of aliphatic hydroxyl groups is 1. The van der Waals surface area contributed by atoms with Gasteiger partial charge >= 0.3 is 5.97 Å². The van der Waals surface area contributed by atoms with Crippen molar-refractivity contribution in [1.82, 2.24) is 14.9 Å². The van der Waals surface area contributed by atoms with Crippen LogP contribution in [-0.4, -0.2) is 70.1 Å². The molecule has 0 unspecified atom stereocenters. The third kappa shape index (κ3) is 4.54. The second-order valence-corrected chi connectivity index (χ2v) is 5.96. The van der Waals surface area contributed by atoms with E-state index in [1.54, 1.807) is 30.6 Å². The minimum atomic E-state index is -1.04. The van der Waals surface area contributed by atoms with E-state index < -0.39 is 12.6 Å². The van der Waals surface area contributed by atoms with Crippen molar-refractivity contribution in [2.24, 2.45) is 0 Å². The Labute approximate surface area is 151 Å². The molecule has 1 saturated heterocycles. The number of aliphatic carboxylic acids is 1. The molecular formula is C18H21N3O5. The Bertz CT molecular complexity index is 741. The Morgan fingerprint density at radius 3 is 2.88 bits per heavy atom. The van der Waals surface area contributed by atoms with Gasteiger partial charge in [0.15, 0.2) is 12.4 Å². The molecule has 1 atom stereocenters. The Morgan fingerprint density at radius 2 is 2.15 bits per heavy atom. The van der Waals surface area contributed by atoms with Gasteiger partial charge in [-0.15, -0.1) is 0 Å². The summed E-state index contributed by atoms with van der Waals surface area (Å²) in [7, 11) is 0. The zero-order valence-electron chi connectivity index (χ0n) is 14.2. The number of carboxylic acid groups (broad SMARTS) is 1. The minimum absolute atomic E-state index is 0.00714. The summed E-state index contributed by atoms with van der Waals surface area (Å²) in [6, 6.07) is 7.08. The fourth-order valence-corrected chi connectivity index (χ4v) is 2.85. The first-order valence-electron chi connectivity index (χ1n) is 8.35. The topological polar surface area (TPSA) is 105 Å². The Balaban J connectivity index is 1.88. The van der Waals surface area contributed by atoms with E-state index in [2.05, 4.69) is 14.9 Å². The van der Waals surface area contributed by atoms with E-state index in [1.165, 1.54) is 0 Å². The zero-order valence-corrected chi connectivity index (χ0v) is 14.2. The number of hydrogen-bond acceptors (Lipinski definition) is 7. The molecule has 0 radical (unpaired) electrons. The fourth-order valence-electron chi connectivity index (χ4n) is 2.85. The van der Waals surface area contributed by atoms with Crippen LogP contribution in [0.4, 0.5) is 0 Å². The quantitative estimate of drug-likeness (QED) is 0.748. The predicted octanol–water partition coefficient (Wildman–Crippen LogP) is 0.800. The molecule has 26 heavy (non-hydrogen) atoms. The molecule has 3 rings (SSSR count). The average Bonchev–Trinajstić information content (AvgIpc) is 2.68. The molecule has 2 heterocycles. The van der Waals surface area contributed by atoms with Crippen molar-refractivity contribution in [3.63, 3.8) is 0 Å². The second-order valence-electron chi connectivity index (χ2n) is 5.96. The van der Waals surface area contributed by atoms with Crippen LogP contribution in [-0.2, 0) is 16.1 Å². The van der Waals surface area contributed by atoms with Crippen molar-refractivity contribution in [2.45, 2.75) is 12.6 Å². The maximum absolute atomic E-state index is 10.9. The first kappa shape index (κ1) is 18.2. The van der Waals surface area contributed by atoms with Crippen LogP contribution >= 0.6 is 0 Å². The highest BCUT2D eigenvalue weighted by atomic mass is 16.5. The van der Waals surface area contributed by atoms with Crippen LogP contribution in [0.3, 0.4) is 0 Å². The third-order valence-corrected chi connectivity index (χ3v) is 4.17. The highest BCUT2D eigenvalue weighted by Crippen LogP contribution is 2.27. The van der Waals surface area contributed by atoms with E-state index in [-0.39, 0.29) is 12.6 Å². The Morgan fingerprint density at radius 1 is 1.35 bits per heavy atom. The van der Waals surface area contributed by atoms with Crippen LogP contribution < -0.4 is 4.74 Å². The van der Waals surface area contributed by atoms with Crippen LogP contribution in [0.2, 0.25) is 0 Å². The van der Waals surface area contributed by atoms with Gasteiger partial charge in [0.2, 0.25) is 0 Å². The van der Waals surface area contributed by atoms with Crippen molar-refractivity contribution in [2.75, 3.05) is 33.0 Å². The summed E-state index contributed by atoms with van der Waals surface area (Å²) in [4.78, 5) is 21.5. The van der Waals surface area contributed by atoms with E-state index >= 15 is 0 Å². The zero-order chi connectivity index (χ0) is 18.4. The number of nitrogens with zero attached hydrogens (tertiary/aromatic N) is 3. The molecule has 0 saturated carbocycles. The normalized spacial score (nSPS) is 17.8. The molecule has 2 N–H and O–H groups in total. The molecule has 8 heteroatoms. The second kappa shape index (κ2) is 8.70. The van der Waals surface area contributed by atoms with Gasteiger partial charge in [-0.2, -0.15) is 0 Å². The molecule has 0 amide bonds. The molecule has 1 aliphatic heterocycles. The minimum Gasteiger partial charge on any atom is -0.482 e. The van der Waals surface area contributed by atoms with Crippen molar-refractivity contribution in [1.29, 1.82) is 0 Å². The summed E-state index contributed by atoms with van der Waals surface area (Å²) < 4.78 is 10.9. The SMILES string of the molecule is O=C(O)COc1ccc(-c2ncccn2)cc1CN1CCOC[C@H]1CO. The Kier molecular flexibility index (Phi) is 6.11. The highest BCUT2D eigenvalue weighted by Gasteiger charge is 2.23. The van der Waals surface area contributed by atoms with Gasteiger partial charge in [-0.25, -0.2) is 14.8 Å². The number of aliphatic hydroxyl groups excluding tert-OH is 1. The number of aromatic nitrogens is 2. The summed E-state index contributed by atoms with van der Waals surface area (Å²) in [5, 5.41) is 18.5. The van der Waals surface area contributed by atoms with Crippen molar-refractivity contribution >= 4 is 5.97 Å². The standard InChI is InChI=1S/C18H21N3O5/c22-10-15-11-25-7-6-21(15)9-14-8-13(18-19-4-1-5-20-18)2-3-16(14)26-12-17(23)24/h1-5,8,15,22H,6-7,9-12H2,(H,23,24)/t15-/m1/s1. The maximum atomic E-state index is 10.9. The fraction of sp³-hybridized carbons (Fsp3) is 0.389. The number of hydrogen-bond donors (Lipinski definition) is 2. The molecule has 1 fully saturated rings. The molecule has 8 nitrogen and oxygen atoms in total. The number of ether oxygens (including phenoxy) is 2. The molecule has 1 aromatic heterocycles. The van der Waals surface area contributed by atoms with E-state index in [9.17, 15) is 9.90 Å². The summed E-state index contributed by atoms with van der Waals surface area (Å²) in [5.41, 5.74) is 1.63. The maximum Gasteiger partial charge on any atom is 0.341 e. The van der Waals surface area contributed by atoms with Gasteiger partial charge in [-0.3, -0.25) is 4.90 Å². The number of benzene rings is 1. The number of carbonyl (C=O) groups is 1. The number of morpholine rings is 1. The summed E-state index contributed by atoms with van der Waals surface area (Å²) in [6.07, 6.45) is 3.33. The monoisotopic (exact) mass is 359 g/mol. The lowest BCUT2D eigenvalue weighted by molar-refractivity contribution is -0.139. The van der Waals surface area contributed by atoms with Gasteiger partial charge in [0.1, 0.15) is 5.75 Å². The van der Waals surface area contributed by atoms with E-state index in [0.717, 1.165) is 11.1 Å². The van der Waals surface area contributed by atoms with E-state index in [1.807, 2.05) is 6.07 Å². The lowest BCUT2D eigenvalue weighted by Gasteiger charge is -2.34. The third-order valence-electron chi connectivity index (χ3n) is 4.17. The predicted molar refractivity (Wildman–Crippen MR) is 92.7 cm³/mol. The van der Waals surface area contributed by atoms with Gasteiger partial charge < -0.3 is 19.7 Å². The molecule has 1 aromatic carbocycles. The van der Waals surface area contributed by atoms with Crippen LogP contribution in [0.5, 0.6) is 5.75 Å². The molecule has 1 aliphatic rings. The van der Waals surface area contributed by atoms with Crippen LogP contribution in [0.1, 0.15) is 5.56 Å². The van der Waals surface area contributed by atoms with Gasteiger partial charge in [0.05, 0.1) is 25.9 Å². The largest absolute Gasteiger partial charge is 0.482 e.